The lowest BCUT2D eigenvalue weighted by atomic mass is 10.0. The zero-order chi connectivity index (χ0) is 12.4. The van der Waals surface area contributed by atoms with Gasteiger partial charge in [-0.2, -0.15) is 0 Å². The lowest BCUT2D eigenvalue weighted by Gasteiger charge is -2.19. The number of carbonyl (C=O) groups is 2. The Morgan fingerprint density at radius 3 is 2.53 bits per heavy atom. The van der Waals surface area contributed by atoms with Gasteiger partial charge in [-0.15, -0.1) is 0 Å². The molecule has 0 bridgehead atoms. The normalized spacial score (nSPS) is 29.8. The Bertz CT molecular complexity index is 315. The van der Waals surface area contributed by atoms with Crippen LogP contribution in [0.2, 0.25) is 0 Å². The van der Waals surface area contributed by atoms with E-state index in [-0.39, 0.29) is 23.8 Å². The quantitative estimate of drug-likeness (QED) is 0.634. The third kappa shape index (κ3) is 3.19. The highest BCUT2D eigenvalue weighted by Crippen LogP contribution is 2.19. The topological polar surface area (TPSA) is 70.2 Å². The molecule has 5 nitrogen and oxygen atoms in total. The highest BCUT2D eigenvalue weighted by atomic mass is 16.2. The van der Waals surface area contributed by atoms with Crippen LogP contribution >= 0.6 is 0 Å². The Morgan fingerprint density at radius 2 is 2.00 bits per heavy atom. The van der Waals surface area contributed by atoms with Gasteiger partial charge in [0.05, 0.1) is 5.92 Å². The van der Waals surface area contributed by atoms with E-state index in [2.05, 4.69) is 16.0 Å². The van der Waals surface area contributed by atoms with Gasteiger partial charge in [-0.1, -0.05) is 0 Å². The Morgan fingerprint density at radius 1 is 1.29 bits per heavy atom. The monoisotopic (exact) mass is 239 g/mol. The van der Waals surface area contributed by atoms with Crippen LogP contribution in [0.1, 0.15) is 33.1 Å². The summed E-state index contributed by atoms with van der Waals surface area (Å²) in [5.74, 6) is -0.0911. The van der Waals surface area contributed by atoms with Crippen LogP contribution < -0.4 is 16.0 Å². The molecule has 0 aromatic carbocycles. The van der Waals surface area contributed by atoms with Crippen LogP contribution in [0.25, 0.3) is 0 Å². The first-order valence-corrected chi connectivity index (χ1v) is 6.42. The van der Waals surface area contributed by atoms with E-state index in [4.69, 9.17) is 0 Å². The molecule has 1 heterocycles. The number of amides is 2. The third-order valence-electron chi connectivity index (χ3n) is 3.54. The summed E-state index contributed by atoms with van der Waals surface area (Å²) in [6.45, 7) is 4.62. The fourth-order valence-electron chi connectivity index (χ4n) is 2.16. The maximum Gasteiger partial charge on any atom is 0.242 e. The molecule has 0 aromatic heterocycles. The first-order chi connectivity index (χ1) is 8.08. The van der Waals surface area contributed by atoms with Crippen LogP contribution in [-0.4, -0.2) is 36.5 Å². The van der Waals surface area contributed by atoms with E-state index in [0.29, 0.717) is 6.04 Å². The van der Waals surface area contributed by atoms with Gasteiger partial charge >= 0.3 is 0 Å². The second kappa shape index (κ2) is 5.04. The van der Waals surface area contributed by atoms with Crippen LogP contribution in [0.15, 0.2) is 0 Å². The summed E-state index contributed by atoms with van der Waals surface area (Å²) in [6, 6.07) is 0.110. The molecule has 1 saturated carbocycles. The minimum Gasteiger partial charge on any atom is -0.352 e. The molecule has 0 radical (unpaired) electrons. The van der Waals surface area contributed by atoms with Crippen molar-refractivity contribution in [2.24, 2.45) is 5.92 Å². The molecule has 1 aliphatic carbocycles. The first-order valence-electron chi connectivity index (χ1n) is 6.42. The van der Waals surface area contributed by atoms with E-state index in [9.17, 15) is 9.59 Å². The van der Waals surface area contributed by atoms with Crippen molar-refractivity contribution in [1.82, 2.24) is 16.0 Å². The van der Waals surface area contributed by atoms with Crippen molar-refractivity contribution >= 4 is 11.8 Å². The molecule has 0 aromatic rings. The van der Waals surface area contributed by atoms with Crippen LogP contribution in [0, 0.1) is 5.92 Å². The number of hydrogen-bond acceptors (Lipinski definition) is 3. The van der Waals surface area contributed by atoms with Crippen molar-refractivity contribution in [3.63, 3.8) is 0 Å². The minimum absolute atomic E-state index is 0.00817. The van der Waals surface area contributed by atoms with E-state index >= 15 is 0 Å². The van der Waals surface area contributed by atoms with Crippen molar-refractivity contribution in [3.05, 3.63) is 0 Å². The largest absolute Gasteiger partial charge is 0.352 e. The molecule has 3 unspecified atom stereocenters. The number of carbonyl (C=O) groups excluding carboxylic acids is 2. The van der Waals surface area contributed by atoms with E-state index in [0.717, 1.165) is 25.8 Å². The molecule has 2 amide bonds. The molecule has 2 rings (SSSR count). The van der Waals surface area contributed by atoms with Crippen molar-refractivity contribution in [2.45, 2.75) is 51.2 Å². The Balaban J connectivity index is 1.78. The third-order valence-corrected chi connectivity index (χ3v) is 3.54. The van der Waals surface area contributed by atoms with Gasteiger partial charge in [-0.25, -0.2) is 0 Å². The SMILES string of the molecule is CC(NC(=O)C1CCNC1C)C(=O)NC1CC1. The first kappa shape index (κ1) is 12.4. The molecule has 3 N–H and O–H groups in total. The maximum absolute atomic E-state index is 11.9. The Hall–Kier alpha value is -1.10. The summed E-state index contributed by atoms with van der Waals surface area (Å²) in [7, 11) is 0. The van der Waals surface area contributed by atoms with E-state index in [1.807, 2.05) is 6.92 Å². The van der Waals surface area contributed by atoms with Crippen molar-refractivity contribution in [3.8, 4) is 0 Å². The fraction of sp³-hybridized carbons (Fsp3) is 0.833. The van der Waals surface area contributed by atoms with Crippen LogP contribution in [0.3, 0.4) is 0 Å². The fourth-order valence-corrected chi connectivity index (χ4v) is 2.16. The zero-order valence-electron chi connectivity index (χ0n) is 10.5. The molecule has 17 heavy (non-hydrogen) atoms. The van der Waals surface area contributed by atoms with Gasteiger partial charge in [0.2, 0.25) is 11.8 Å². The summed E-state index contributed by atoms with van der Waals surface area (Å²) < 4.78 is 0. The van der Waals surface area contributed by atoms with E-state index < -0.39 is 6.04 Å². The summed E-state index contributed by atoms with van der Waals surface area (Å²) in [6.07, 6.45) is 2.98. The van der Waals surface area contributed by atoms with Crippen LogP contribution in [-0.2, 0) is 9.59 Å². The molecular formula is C12H21N3O2. The van der Waals surface area contributed by atoms with Crippen LogP contribution in [0.5, 0.6) is 0 Å². The number of hydrogen-bond donors (Lipinski definition) is 3. The van der Waals surface area contributed by atoms with Gasteiger partial charge in [-0.3, -0.25) is 9.59 Å². The second-order valence-corrected chi connectivity index (χ2v) is 5.15. The summed E-state index contributed by atoms with van der Waals surface area (Å²) >= 11 is 0. The van der Waals surface area contributed by atoms with Gasteiger partial charge in [0.15, 0.2) is 0 Å². The highest BCUT2D eigenvalue weighted by molar-refractivity contribution is 5.88. The molecule has 3 atom stereocenters. The van der Waals surface area contributed by atoms with Crippen molar-refractivity contribution in [1.29, 1.82) is 0 Å². The van der Waals surface area contributed by atoms with Gasteiger partial charge in [0.25, 0.3) is 0 Å². The van der Waals surface area contributed by atoms with Crippen molar-refractivity contribution < 1.29 is 9.59 Å². The minimum atomic E-state index is -0.434. The summed E-state index contributed by atoms with van der Waals surface area (Å²) in [5, 5.41) is 8.92. The lowest BCUT2D eigenvalue weighted by Crippen LogP contribution is -2.48. The van der Waals surface area contributed by atoms with Crippen molar-refractivity contribution in [2.75, 3.05) is 6.54 Å². The molecule has 1 aliphatic heterocycles. The van der Waals surface area contributed by atoms with Gasteiger partial charge in [0, 0.05) is 12.1 Å². The maximum atomic E-state index is 11.9. The predicted octanol–water partition coefficient (Wildman–Crippen LogP) is -0.232. The molecule has 2 aliphatic rings. The molecule has 96 valence electrons. The zero-order valence-corrected chi connectivity index (χ0v) is 10.5. The van der Waals surface area contributed by atoms with Gasteiger partial charge in [0.1, 0.15) is 6.04 Å². The number of rotatable bonds is 4. The Labute approximate surface area is 102 Å². The Kier molecular flexibility index (Phi) is 3.66. The molecular weight excluding hydrogens is 218 g/mol. The van der Waals surface area contributed by atoms with E-state index in [1.165, 1.54) is 0 Å². The summed E-state index contributed by atoms with van der Waals surface area (Å²) in [5.41, 5.74) is 0. The number of nitrogens with one attached hydrogen (secondary N) is 3. The van der Waals surface area contributed by atoms with E-state index in [1.54, 1.807) is 6.92 Å². The molecule has 5 heteroatoms. The highest BCUT2D eigenvalue weighted by Gasteiger charge is 2.32. The second-order valence-electron chi connectivity index (χ2n) is 5.15. The van der Waals surface area contributed by atoms with Crippen LogP contribution in [0.4, 0.5) is 0 Å². The smallest absolute Gasteiger partial charge is 0.242 e. The average Bonchev–Trinajstić information content (AvgIpc) is 2.98. The molecule has 0 spiro atoms. The molecule has 2 fully saturated rings. The molecule has 1 saturated heterocycles. The summed E-state index contributed by atoms with van der Waals surface area (Å²) in [4.78, 5) is 23.6. The van der Waals surface area contributed by atoms with Gasteiger partial charge in [-0.05, 0) is 39.7 Å². The average molecular weight is 239 g/mol. The lowest BCUT2D eigenvalue weighted by molar-refractivity contribution is -0.130. The van der Waals surface area contributed by atoms with Gasteiger partial charge < -0.3 is 16.0 Å². The predicted molar refractivity (Wildman–Crippen MR) is 64.3 cm³/mol. The standard InChI is InChI=1S/C12H21N3O2/c1-7-10(5-6-13-7)12(17)14-8(2)11(16)15-9-3-4-9/h7-10,13H,3-6H2,1-2H3,(H,14,17)(H,15,16).